The third-order valence-corrected chi connectivity index (χ3v) is 3.45. The van der Waals surface area contributed by atoms with Crippen LogP contribution in [0.25, 0.3) is 0 Å². The molecule has 5 nitrogen and oxygen atoms in total. The van der Waals surface area contributed by atoms with E-state index < -0.39 is 0 Å². The van der Waals surface area contributed by atoms with Gasteiger partial charge < -0.3 is 9.64 Å². The molecule has 1 aliphatic heterocycles. The molecule has 0 aromatic carbocycles. The number of carbonyl (C=O) groups is 1. The second kappa shape index (κ2) is 4.72. The maximum atomic E-state index is 12.2. The lowest BCUT2D eigenvalue weighted by atomic mass is 9.87. The molecule has 0 radical (unpaired) electrons. The minimum absolute atomic E-state index is 0.162. The van der Waals surface area contributed by atoms with Gasteiger partial charge in [-0.3, -0.25) is 9.48 Å². The van der Waals surface area contributed by atoms with Crippen LogP contribution in [0.3, 0.4) is 0 Å². The monoisotopic (exact) mass is 251 g/mol. The molecule has 100 valence electrons. The summed E-state index contributed by atoms with van der Waals surface area (Å²) in [5, 5.41) is 4.39. The van der Waals surface area contributed by atoms with Crippen molar-refractivity contribution in [3.63, 3.8) is 0 Å². The lowest BCUT2D eigenvalue weighted by Crippen LogP contribution is -2.52. The molecule has 0 bridgehead atoms. The van der Waals surface area contributed by atoms with Crippen LogP contribution in [-0.4, -0.2) is 47.4 Å². The first kappa shape index (κ1) is 13.1. The Bertz CT molecular complexity index is 449. The molecule has 18 heavy (non-hydrogen) atoms. The molecule has 0 saturated carbocycles. The van der Waals surface area contributed by atoms with Crippen LogP contribution >= 0.6 is 0 Å². The molecule has 0 N–H and O–H groups in total. The fourth-order valence-electron chi connectivity index (χ4n) is 2.24. The predicted octanol–water partition coefficient (Wildman–Crippen LogP) is 0.995. The van der Waals surface area contributed by atoms with E-state index in [0.29, 0.717) is 19.8 Å². The molecule has 1 aromatic rings. The lowest BCUT2D eigenvalue weighted by Gasteiger charge is -2.39. The van der Waals surface area contributed by atoms with Crippen LogP contribution < -0.4 is 0 Å². The van der Waals surface area contributed by atoms with E-state index in [1.54, 1.807) is 4.90 Å². The Morgan fingerprint density at radius 1 is 1.56 bits per heavy atom. The average molecular weight is 251 g/mol. The number of hydrogen-bond acceptors (Lipinski definition) is 3. The number of aromatic nitrogens is 2. The summed E-state index contributed by atoms with van der Waals surface area (Å²) in [5.41, 5.74) is 1.83. The molecule has 1 saturated heterocycles. The lowest BCUT2D eigenvalue weighted by molar-refractivity contribution is -0.167. The van der Waals surface area contributed by atoms with E-state index in [4.69, 9.17) is 4.74 Å². The number of rotatable bonds is 4. The van der Waals surface area contributed by atoms with E-state index in [1.807, 2.05) is 38.6 Å². The van der Waals surface area contributed by atoms with Crippen LogP contribution in [0.5, 0.6) is 0 Å². The summed E-state index contributed by atoms with van der Waals surface area (Å²) in [6.07, 6.45) is 0. The van der Waals surface area contributed by atoms with E-state index >= 15 is 0 Å². The van der Waals surface area contributed by atoms with Gasteiger partial charge in [-0.25, -0.2) is 0 Å². The van der Waals surface area contributed by atoms with Gasteiger partial charge in [-0.15, -0.1) is 0 Å². The van der Waals surface area contributed by atoms with Crippen LogP contribution in [0.2, 0.25) is 0 Å². The fourth-order valence-corrected chi connectivity index (χ4v) is 2.24. The number of hydrogen-bond donors (Lipinski definition) is 0. The second-order valence-electron chi connectivity index (χ2n) is 5.43. The fraction of sp³-hybridized carbons (Fsp3) is 0.692. The van der Waals surface area contributed by atoms with E-state index in [0.717, 1.165) is 17.9 Å². The Balaban J connectivity index is 1.90. The van der Waals surface area contributed by atoms with Gasteiger partial charge in [0.25, 0.3) is 0 Å². The first-order valence-electron chi connectivity index (χ1n) is 6.27. The molecule has 0 unspecified atom stereocenters. The van der Waals surface area contributed by atoms with Gasteiger partial charge >= 0.3 is 0 Å². The normalized spacial score (nSPS) is 17.3. The van der Waals surface area contributed by atoms with Crippen LogP contribution in [0, 0.1) is 19.3 Å². The number of nitrogens with zero attached hydrogens (tertiary/aromatic N) is 3. The maximum absolute atomic E-state index is 12.2. The first-order chi connectivity index (χ1) is 8.42. The highest BCUT2D eigenvalue weighted by atomic mass is 16.5. The van der Waals surface area contributed by atoms with Gasteiger partial charge in [-0.2, -0.15) is 5.10 Å². The van der Waals surface area contributed by atoms with Crippen LogP contribution in [0.4, 0.5) is 0 Å². The van der Waals surface area contributed by atoms with Gasteiger partial charge in [0, 0.05) is 19.3 Å². The molecule has 1 aliphatic rings. The molecule has 0 spiro atoms. The zero-order valence-electron chi connectivity index (χ0n) is 11.6. The molecular formula is C13H21N3O2. The van der Waals surface area contributed by atoms with Gasteiger partial charge in [-0.05, 0) is 26.8 Å². The summed E-state index contributed by atoms with van der Waals surface area (Å²) in [6.45, 7) is 8.45. The van der Waals surface area contributed by atoms with Crippen molar-refractivity contribution in [3.8, 4) is 0 Å². The summed E-state index contributed by atoms with van der Waals surface area (Å²) < 4.78 is 7.07. The minimum atomic E-state index is -0.316. The van der Waals surface area contributed by atoms with Crippen molar-refractivity contribution < 1.29 is 9.53 Å². The maximum Gasteiger partial charge on any atom is 0.232 e. The molecular weight excluding hydrogens is 230 g/mol. The topological polar surface area (TPSA) is 47.4 Å². The molecule has 2 rings (SSSR count). The standard InChI is InChI=1S/C13H21N3O2/c1-10-7-11(2)16(14-10)6-5-15(4)12(17)13(3)8-18-9-13/h7H,5-6,8-9H2,1-4H3. The Morgan fingerprint density at radius 3 is 2.67 bits per heavy atom. The number of carbonyl (C=O) groups excluding carboxylic acids is 1. The Morgan fingerprint density at radius 2 is 2.22 bits per heavy atom. The van der Waals surface area contributed by atoms with Crippen molar-refractivity contribution in [2.45, 2.75) is 27.3 Å². The van der Waals surface area contributed by atoms with Crippen molar-refractivity contribution in [2.75, 3.05) is 26.8 Å². The molecule has 0 atom stereocenters. The smallest absolute Gasteiger partial charge is 0.232 e. The third kappa shape index (κ3) is 2.41. The van der Waals surface area contributed by atoms with Crippen LogP contribution in [0.15, 0.2) is 6.07 Å². The molecule has 1 amide bonds. The number of aryl methyl sites for hydroxylation is 2. The Hall–Kier alpha value is -1.36. The molecule has 1 fully saturated rings. The average Bonchev–Trinajstić information content (AvgIpc) is 2.60. The highest BCUT2D eigenvalue weighted by molar-refractivity contribution is 5.83. The van der Waals surface area contributed by atoms with Crippen molar-refractivity contribution >= 4 is 5.91 Å². The molecule has 0 aliphatic carbocycles. The Labute approximate surface area is 108 Å². The van der Waals surface area contributed by atoms with Crippen molar-refractivity contribution in [1.29, 1.82) is 0 Å². The number of ether oxygens (including phenoxy) is 1. The summed E-state index contributed by atoms with van der Waals surface area (Å²) in [7, 11) is 1.84. The summed E-state index contributed by atoms with van der Waals surface area (Å²) in [5.74, 6) is 0.162. The largest absolute Gasteiger partial charge is 0.379 e. The number of amides is 1. The van der Waals surface area contributed by atoms with Crippen LogP contribution in [-0.2, 0) is 16.1 Å². The molecule has 1 aromatic heterocycles. The van der Waals surface area contributed by atoms with Crippen LogP contribution in [0.1, 0.15) is 18.3 Å². The van der Waals surface area contributed by atoms with E-state index in [9.17, 15) is 4.79 Å². The van der Waals surface area contributed by atoms with Gasteiger partial charge in [0.05, 0.1) is 30.9 Å². The molecule has 5 heteroatoms. The quantitative estimate of drug-likeness (QED) is 0.802. The zero-order valence-corrected chi connectivity index (χ0v) is 11.6. The minimum Gasteiger partial charge on any atom is -0.379 e. The van der Waals surface area contributed by atoms with E-state index in [2.05, 4.69) is 5.10 Å². The van der Waals surface area contributed by atoms with Gasteiger partial charge in [0.2, 0.25) is 5.91 Å². The third-order valence-electron chi connectivity index (χ3n) is 3.45. The van der Waals surface area contributed by atoms with Gasteiger partial charge in [-0.1, -0.05) is 0 Å². The van der Waals surface area contributed by atoms with E-state index in [-0.39, 0.29) is 11.3 Å². The highest BCUT2D eigenvalue weighted by Gasteiger charge is 2.42. The van der Waals surface area contributed by atoms with E-state index in [1.165, 1.54) is 0 Å². The summed E-state index contributed by atoms with van der Waals surface area (Å²) in [6, 6.07) is 2.04. The SMILES string of the molecule is Cc1cc(C)n(CCN(C)C(=O)C2(C)COC2)n1. The zero-order chi connectivity index (χ0) is 13.3. The van der Waals surface area contributed by atoms with Crippen molar-refractivity contribution in [3.05, 3.63) is 17.5 Å². The summed E-state index contributed by atoms with van der Waals surface area (Å²) in [4.78, 5) is 14.0. The van der Waals surface area contributed by atoms with Gasteiger partial charge in [0.15, 0.2) is 0 Å². The molecule has 2 heterocycles. The highest BCUT2D eigenvalue weighted by Crippen LogP contribution is 2.28. The first-order valence-corrected chi connectivity index (χ1v) is 6.27. The van der Waals surface area contributed by atoms with Gasteiger partial charge in [0.1, 0.15) is 0 Å². The predicted molar refractivity (Wildman–Crippen MR) is 68.3 cm³/mol. The Kier molecular flexibility index (Phi) is 3.43. The van der Waals surface area contributed by atoms with Crippen molar-refractivity contribution in [1.82, 2.24) is 14.7 Å². The number of likely N-dealkylation sites (N-methyl/N-ethyl adjacent to an activating group) is 1. The summed E-state index contributed by atoms with van der Waals surface area (Å²) >= 11 is 0. The van der Waals surface area contributed by atoms with Crippen molar-refractivity contribution in [2.24, 2.45) is 5.41 Å². The second-order valence-corrected chi connectivity index (χ2v) is 5.43.